The van der Waals surface area contributed by atoms with E-state index in [1.807, 2.05) is 12.1 Å². The van der Waals surface area contributed by atoms with E-state index in [9.17, 15) is 5.11 Å². The highest BCUT2D eigenvalue weighted by molar-refractivity contribution is 5.83. The highest BCUT2D eigenvalue weighted by Gasteiger charge is 2.14. The molecular formula is C13H20N2O. The van der Waals surface area contributed by atoms with Crippen molar-refractivity contribution in [3.63, 3.8) is 0 Å². The largest absolute Gasteiger partial charge is 0.507 e. The molecule has 0 fully saturated rings. The minimum Gasteiger partial charge on any atom is -0.507 e. The second kappa shape index (κ2) is 5.12. The zero-order chi connectivity index (χ0) is 12.2. The van der Waals surface area contributed by atoms with Crippen LogP contribution in [0.15, 0.2) is 23.2 Å². The summed E-state index contributed by atoms with van der Waals surface area (Å²) in [6, 6.07) is 5.62. The Morgan fingerprint density at radius 2 is 2.06 bits per heavy atom. The summed E-state index contributed by atoms with van der Waals surface area (Å²) in [4.78, 5) is 4.13. The van der Waals surface area contributed by atoms with Crippen LogP contribution in [0.2, 0.25) is 0 Å². The molecule has 0 radical (unpaired) electrons. The second-order valence-corrected chi connectivity index (χ2v) is 4.85. The molecule has 0 heterocycles. The van der Waals surface area contributed by atoms with Gasteiger partial charge in [0.2, 0.25) is 0 Å². The zero-order valence-electron chi connectivity index (χ0n) is 10.2. The summed E-state index contributed by atoms with van der Waals surface area (Å²) in [6.45, 7) is 7.52. The fourth-order valence-corrected chi connectivity index (χ4v) is 1.36. The Labute approximate surface area is 97.0 Å². The minimum atomic E-state index is 0.0736. The van der Waals surface area contributed by atoms with E-state index in [-0.39, 0.29) is 11.2 Å². The lowest BCUT2D eigenvalue weighted by Crippen LogP contribution is -2.11. The van der Waals surface area contributed by atoms with Gasteiger partial charge in [0.25, 0.3) is 0 Å². The maximum Gasteiger partial charge on any atom is 0.124 e. The molecule has 0 aliphatic rings. The summed E-state index contributed by atoms with van der Waals surface area (Å²) in [6.07, 6.45) is 1.68. The van der Waals surface area contributed by atoms with Crippen LogP contribution in [0.1, 0.15) is 31.9 Å². The van der Waals surface area contributed by atoms with Crippen LogP contribution in [0, 0.1) is 0 Å². The van der Waals surface area contributed by atoms with E-state index in [0.29, 0.717) is 13.1 Å². The smallest absolute Gasteiger partial charge is 0.124 e. The van der Waals surface area contributed by atoms with Crippen LogP contribution >= 0.6 is 0 Å². The summed E-state index contributed by atoms with van der Waals surface area (Å²) in [5.74, 6) is 0.258. The third-order valence-corrected chi connectivity index (χ3v) is 2.38. The average molecular weight is 220 g/mol. The van der Waals surface area contributed by atoms with Gasteiger partial charge in [-0.15, -0.1) is 0 Å². The molecule has 3 N–H and O–H groups in total. The van der Waals surface area contributed by atoms with Gasteiger partial charge in [0, 0.05) is 18.3 Å². The second-order valence-electron chi connectivity index (χ2n) is 4.85. The lowest BCUT2D eigenvalue weighted by atomic mass is 9.86. The van der Waals surface area contributed by atoms with Crippen LogP contribution in [0.3, 0.4) is 0 Å². The number of hydrogen-bond donors (Lipinski definition) is 2. The Bertz CT molecular complexity index is 378. The number of aliphatic imine (C=N–C) groups is 1. The van der Waals surface area contributed by atoms with Gasteiger partial charge in [-0.2, -0.15) is 0 Å². The molecule has 0 saturated carbocycles. The Morgan fingerprint density at radius 1 is 1.38 bits per heavy atom. The van der Waals surface area contributed by atoms with E-state index in [1.54, 1.807) is 12.3 Å². The molecule has 3 nitrogen and oxygen atoms in total. The molecule has 0 bridgehead atoms. The van der Waals surface area contributed by atoms with Gasteiger partial charge in [-0.3, -0.25) is 4.99 Å². The Balaban J connectivity index is 3.00. The van der Waals surface area contributed by atoms with Crippen molar-refractivity contribution < 1.29 is 5.11 Å². The van der Waals surface area contributed by atoms with E-state index in [2.05, 4.69) is 25.8 Å². The van der Waals surface area contributed by atoms with Crippen molar-refractivity contribution in [1.82, 2.24) is 0 Å². The fourth-order valence-electron chi connectivity index (χ4n) is 1.36. The molecule has 1 rings (SSSR count). The van der Waals surface area contributed by atoms with Gasteiger partial charge in [0.1, 0.15) is 5.75 Å². The third kappa shape index (κ3) is 3.35. The van der Waals surface area contributed by atoms with Crippen molar-refractivity contribution in [3.05, 3.63) is 29.3 Å². The van der Waals surface area contributed by atoms with E-state index >= 15 is 0 Å². The predicted molar refractivity (Wildman–Crippen MR) is 68.3 cm³/mol. The van der Waals surface area contributed by atoms with Crippen LogP contribution < -0.4 is 5.73 Å². The number of benzene rings is 1. The molecule has 16 heavy (non-hydrogen) atoms. The van der Waals surface area contributed by atoms with Gasteiger partial charge in [-0.25, -0.2) is 0 Å². The first kappa shape index (κ1) is 12.7. The van der Waals surface area contributed by atoms with Gasteiger partial charge >= 0.3 is 0 Å². The monoisotopic (exact) mass is 220 g/mol. The maximum atomic E-state index is 9.68. The molecule has 0 aliphatic heterocycles. The summed E-state index contributed by atoms with van der Waals surface area (Å²) >= 11 is 0. The molecular weight excluding hydrogens is 200 g/mol. The summed E-state index contributed by atoms with van der Waals surface area (Å²) in [5.41, 5.74) is 7.36. The first-order valence-corrected chi connectivity index (χ1v) is 5.48. The van der Waals surface area contributed by atoms with Crippen molar-refractivity contribution in [1.29, 1.82) is 0 Å². The average Bonchev–Trinajstić information content (AvgIpc) is 2.19. The number of hydrogen-bond acceptors (Lipinski definition) is 3. The maximum absolute atomic E-state index is 9.68. The first-order chi connectivity index (χ1) is 7.45. The van der Waals surface area contributed by atoms with Crippen LogP contribution in [0.25, 0.3) is 0 Å². The van der Waals surface area contributed by atoms with Gasteiger partial charge in [0.15, 0.2) is 0 Å². The third-order valence-electron chi connectivity index (χ3n) is 2.38. The molecule has 3 heteroatoms. The molecule has 1 aromatic rings. The number of nitrogens with zero attached hydrogens (tertiary/aromatic N) is 1. The van der Waals surface area contributed by atoms with Gasteiger partial charge in [-0.05, 0) is 23.1 Å². The predicted octanol–water partition coefficient (Wildman–Crippen LogP) is 2.07. The van der Waals surface area contributed by atoms with Crippen LogP contribution in [0.5, 0.6) is 5.75 Å². The standard InChI is InChI=1S/C13H20N2O/c1-13(2,3)11-4-5-12(16)10(8-11)9-15-7-6-14/h4-5,8-9,16H,6-7,14H2,1-3H3. The fraction of sp³-hybridized carbons (Fsp3) is 0.462. The van der Waals surface area contributed by atoms with Crippen molar-refractivity contribution in [2.75, 3.05) is 13.1 Å². The molecule has 0 spiro atoms. The lowest BCUT2D eigenvalue weighted by Gasteiger charge is -2.19. The number of rotatable bonds is 3. The van der Waals surface area contributed by atoms with Crippen LogP contribution in [-0.4, -0.2) is 24.4 Å². The minimum absolute atomic E-state index is 0.0736. The molecule has 0 saturated heterocycles. The summed E-state index contributed by atoms with van der Waals surface area (Å²) in [7, 11) is 0. The Morgan fingerprint density at radius 3 is 2.62 bits per heavy atom. The van der Waals surface area contributed by atoms with Crippen LogP contribution in [0.4, 0.5) is 0 Å². The van der Waals surface area contributed by atoms with Crippen LogP contribution in [-0.2, 0) is 5.41 Å². The molecule has 88 valence electrons. The van der Waals surface area contributed by atoms with Crippen molar-refractivity contribution in [2.45, 2.75) is 26.2 Å². The SMILES string of the molecule is CC(C)(C)c1ccc(O)c(C=NCCN)c1. The summed E-state index contributed by atoms with van der Waals surface area (Å²) in [5, 5.41) is 9.68. The molecule has 1 aromatic carbocycles. The molecule has 0 atom stereocenters. The number of phenolic OH excluding ortho intramolecular Hbond substituents is 1. The topological polar surface area (TPSA) is 58.6 Å². The molecule has 0 aliphatic carbocycles. The van der Waals surface area contributed by atoms with Crippen molar-refractivity contribution >= 4 is 6.21 Å². The molecule has 0 aromatic heterocycles. The highest BCUT2D eigenvalue weighted by Crippen LogP contribution is 2.26. The Kier molecular flexibility index (Phi) is 4.07. The Hall–Kier alpha value is -1.35. The first-order valence-electron chi connectivity index (χ1n) is 5.48. The van der Waals surface area contributed by atoms with E-state index < -0.39 is 0 Å². The van der Waals surface area contributed by atoms with Crippen molar-refractivity contribution in [2.24, 2.45) is 10.7 Å². The molecule has 0 amide bonds. The normalized spacial score (nSPS) is 12.2. The number of nitrogens with two attached hydrogens (primary N) is 1. The highest BCUT2D eigenvalue weighted by atomic mass is 16.3. The quantitative estimate of drug-likeness (QED) is 0.766. The van der Waals surface area contributed by atoms with Crippen molar-refractivity contribution in [3.8, 4) is 5.75 Å². The number of phenols is 1. The van der Waals surface area contributed by atoms with Gasteiger partial charge in [0.05, 0.1) is 6.54 Å². The van der Waals surface area contributed by atoms with E-state index in [4.69, 9.17) is 5.73 Å². The van der Waals surface area contributed by atoms with Gasteiger partial charge < -0.3 is 10.8 Å². The molecule has 0 unspecified atom stereocenters. The zero-order valence-corrected chi connectivity index (χ0v) is 10.2. The van der Waals surface area contributed by atoms with E-state index in [1.165, 1.54) is 5.56 Å². The summed E-state index contributed by atoms with van der Waals surface area (Å²) < 4.78 is 0. The number of aromatic hydroxyl groups is 1. The lowest BCUT2D eigenvalue weighted by molar-refractivity contribution is 0.473. The van der Waals surface area contributed by atoms with E-state index in [0.717, 1.165) is 5.56 Å². The van der Waals surface area contributed by atoms with Gasteiger partial charge in [-0.1, -0.05) is 26.8 Å².